The number of pyridine rings is 1. The average molecular weight is 400 g/mol. The molecule has 5 nitrogen and oxygen atoms in total. The Hall–Kier alpha value is -2.03. The predicted octanol–water partition coefficient (Wildman–Crippen LogP) is 5.35. The van der Waals surface area contributed by atoms with Crippen molar-refractivity contribution in [1.29, 1.82) is 0 Å². The first kappa shape index (κ1) is 17.4. The van der Waals surface area contributed by atoms with Crippen molar-refractivity contribution >= 4 is 50.3 Å². The van der Waals surface area contributed by atoms with Crippen LogP contribution in [0.25, 0.3) is 32.3 Å². The number of thiazole rings is 1. The van der Waals surface area contributed by atoms with E-state index in [0.29, 0.717) is 5.82 Å². The summed E-state index contributed by atoms with van der Waals surface area (Å²) in [4.78, 5) is 19.1. The third-order valence-corrected chi connectivity index (χ3v) is 7.09. The largest absolute Gasteiger partial charge is 0.397 e. The van der Waals surface area contributed by atoms with Gasteiger partial charge in [-0.1, -0.05) is 13.3 Å². The number of unbranched alkanes of at least 4 members (excludes halogenated alkanes) is 1. The molecule has 26 heavy (non-hydrogen) atoms. The van der Waals surface area contributed by atoms with Crippen LogP contribution in [0.5, 0.6) is 0 Å². The topological polar surface area (TPSA) is 77.6 Å². The van der Waals surface area contributed by atoms with Gasteiger partial charge in [0.2, 0.25) is 0 Å². The van der Waals surface area contributed by atoms with Crippen LogP contribution < -0.4 is 5.73 Å². The molecule has 0 fully saturated rings. The molecule has 4 aromatic heterocycles. The summed E-state index contributed by atoms with van der Waals surface area (Å²) < 4.78 is 1.11. The van der Waals surface area contributed by atoms with Crippen LogP contribution in [0.3, 0.4) is 0 Å². The number of anilines is 1. The summed E-state index contributed by atoms with van der Waals surface area (Å²) in [7, 11) is 0. The average Bonchev–Trinajstić information content (AvgIpc) is 3.31. The van der Waals surface area contributed by atoms with Gasteiger partial charge in [0.05, 0.1) is 15.3 Å². The zero-order valence-electron chi connectivity index (χ0n) is 14.2. The second-order valence-corrected chi connectivity index (χ2v) is 8.92. The Kier molecular flexibility index (Phi) is 5.14. The first-order valence-electron chi connectivity index (χ1n) is 8.31. The van der Waals surface area contributed by atoms with Crippen LogP contribution in [0, 0.1) is 0 Å². The zero-order valence-corrected chi connectivity index (χ0v) is 16.6. The van der Waals surface area contributed by atoms with E-state index < -0.39 is 0 Å². The summed E-state index contributed by atoms with van der Waals surface area (Å²) in [5, 5.41) is 3.72. The molecule has 0 spiro atoms. The number of thioether (sulfide) groups is 1. The Balaban J connectivity index is 1.89. The smallest absolute Gasteiger partial charge is 0.163 e. The number of hydrogen-bond acceptors (Lipinski definition) is 8. The number of nitrogens with two attached hydrogens (primary N) is 1. The summed E-state index contributed by atoms with van der Waals surface area (Å²) in [5.74, 6) is 1.71. The van der Waals surface area contributed by atoms with Gasteiger partial charge in [0.15, 0.2) is 5.82 Å². The van der Waals surface area contributed by atoms with Crippen LogP contribution in [0.15, 0.2) is 40.3 Å². The van der Waals surface area contributed by atoms with Crippen molar-refractivity contribution in [2.75, 3.05) is 11.5 Å². The van der Waals surface area contributed by atoms with E-state index in [-0.39, 0.29) is 0 Å². The number of hydrogen-bond donors (Lipinski definition) is 1. The molecule has 0 unspecified atom stereocenters. The van der Waals surface area contributed by atoms with Gasteiger partial charge in [0, 0.05) is 29.5 Å². The molecule has 0 aliphatic rings. The maximum Gasteiger partial charge on any atom is 0.163 e. The SMILES string of the molecule is CCCCSc1sc2nc(-c3cccnc3)nc(-c3nccs3)c2c1N. The molecule has 0 aromatic carbocycles. The van der Waals surface area contributed by atoms with Gasteiger partial charge in [0.25, 0.3) is 0 Å². The molecule has 2 N–H and O–H groups in total. The maximum absolute atomic E-state index is 6.49. The van der Waals surface area contributed by atoms with Gasteiger partial charge in [-0.2, -0.15) is 0 Å². The van der Waals surface area contributed by atoms with E-state index in [9.17, 15) is 0 Å². The van der Waals surface area contributed by atoms with Gasteiger partial charge < -0.3 is 5.73 Å². The summed E-state index contributed by atoms with van der Waals surface area (Å²) in [6.45, 7) is 2.20. The van der Waals surface area contributed by atoms with Gasteiger partial charge in [-0.15, -0.1) is 34.4 Å². The van der Waals surface area contributed by atoms with Gasteiger partial charge in [-0.25, -0.2) is 15.0 Å². The Bertz CT molecular complexity index is 1010. The number of nitrogen functional groups attached to an aromatic ring is 1. The fraction of sp³-hybridized carbons (Fsp3) is 0.222. The molecule has 0 aliphatic heterocycles. The van der Waals surface area contributed by atoms with Crippen LogP contribution >= 0.6 is 34.4 Å². The highest BCUT2D eigenvalue weighted by atomic mass is 32.2. The van der Waals surface area contributed by atoms with Crippen molar-refractivity contribution in [3.63, 3.8) is 0 Å². The molecule has 0 saturated carbocycles. The van der Waals surface area contributed by atoms with Gasteiger partial charge in [-0.3, -0.25) is 4.98 Å². The van der Waals surface area contributed by atoms with Gasteiger partial charge in [0.1, 0.15) is 15.5 Å². The molecule has 0 saturated heterocycles. The molecular weight excluding hydrogens is 382 g/mol. The normalized spacial score (nSPS) is 11.3. The van der Waals surface area contributed by atoms with Crippen LogP contribution in [0.4, 0.5) is 5.69 Å². The molecule has 0 amide bonds. The van der Waals surface area contributed by atoms with Crippen molar-refractivity contribution in [3.8, 4) is 22.1 Å². The maximum atomic E-state index is 6.49. The number of rotatable bonds is 6. The fourth-order valence-corrected chi connectivity index (χ4v) is 5.60. The summed E-state index contributed by atoms with van der Waals surface area (Å²) in [6.07, 6.45) is 7.66. The lowest BCUT2D eigenvalue weighted by molar-refractivity contribution is 0.897. The summed E-state index contributed by atoms with van der Waals surface area (Å²) in [6, 6.07) is 3.86. The highest BCUT2D eigenvalue weighted by molar-refractivity contribution is 8.01. The minimum atomic E-state index is 0.655. The molecule has 132 valence electrons. The van der Waals surface area contributed by atoms with Gasteiger partial charge in [-0.05, 0) is 24.3 Å². The first-order valence-corrected chi connectivity index (χ1v) is 11.0. The van der Waals surface area contributed by atoms with E-state index in [0.717, 1.165) is 42.1 Å². The van der Waals surface area contributed by atoms with E-state index in [4.69, 9.17) is 15.7 Å². The standard InChI is InChI=1S/C18H17N5S3/c1-2-3-8-25-18-13(19)12-14(17-21-7-9-24-17)22-15(23-16(12)26-18)11-5-4-6-20-10-11/h4-7,9-10H,2-3,8,19H2,1H3. The van der Waals surface area contributed by atoms with Crippen molar-refractivity contribution < 1.29 is 0 Å². The molecule has 4 aromatic rings. The third kappa shape index (κ3) is 3.32. The monoisotopic (exact) mass is 399 g/mol. The highest BCUT2D eigenvalue weighted by Crippen LogP contribution is 2.44. The van der Waals surface area contributed by atoms with Crippen molar-refractivity contribution in [1.82, 2.24) is 19.9 Å². The molecule has 0 atom stereocenters. The number of fused-ring (bicyclic) bond motifs is 1. The van der Waals surface area contributed by atoms with Crippen molar-refractivity contribution in [2.24, 2.45) is 0 Å². The molecule has 4 heterocycles. The van der Waals surface area contributed by atoms with Crippen LogP contribution in [-0.2, 0) is 0 Å². The van der Waals surface area contributed by atoms with E-state index in [2.05, 4.69) is 16.9 Å². The zero-order chi connectivity index (χ0) is 17.9. The second kappa shape index (κ2) is 7.69. The van der Waals surface area contributed by atoms with E-state index >= 15 is 0 Å². The van der Waals surface area contributed by atoms with Crippen molar-refractivity contribution in [3.05, 3.63) is 36.1 Å². The third-order valence-electron chi connectivity index (χ3n) is 3.84. The Morgan fingerprint density at radius 3 is 2.88 bits per heavy atom. The van der Waals surface area contributed by atoms with Gasteiger partial charge >= 0.3 is 0 Å². The minimum Gasteiger partial charge on any atom is -0.397 e. The summed E-state index contributed by atoms with van der Waals surface area (Å²) in [5.41, 5.74) is 8.96. The Morgan fingerprint density at radius 2 is 2.15 bits per heavy atom. The lowest BCUT2D eigenvalue weighted by Crippen LogP contribution is -1.95. The highest BCUT2D eigenvalue weighted by Gasteiger charge is 2.20. The van der Waals surface area contributed by atoms with E-state index in [1.807, 2.05) is 17.5 Å². The molecular formula is C18H17N5S3. The Morgan fingerprint density at radius 1 is 1.23 bits per heavy atom. The Labute approximate surface area is 163 Å². The second-order valence-electron chi connectivity index (χ2n) is 5.66. The molecule has 4 rings (SSSR count). The van der Waals surface area contributed by atoms with E-state index in [1.165, 1.54) is 12.8 Å². The lowest BCUT2D eigenvalue weighted by atomic mass is 10.2. The first-order chi connectivity index (χ1) is 12.8. The molecule has 0 bridgehead atoms. The van der Waals surface area contributed by atoms with Crippen LogP contribution in [0.1, 0.15) is 19.8 Å². The van der Waals surface area contributed by atoms with E-state index in [1.54, 1.807) is 53.0 Å². The van der Waals surface area contributed by atoms with Crippen molar-refractivity contribution in [2.45, 2.75) is 24.0 Å². The minimum absolute atomic E-state index is 0.655. The number of aromatic nitrogens is 4. The van der Waals surface area contributed by atoms with Crippen LogP contribution in [-0.4, -0.2) is 25.7 Å². The number of nitrogens with zero attached hydrogens (tertiary/aromatic N) is 4. The predicted molar refractivity (Wildman–Crippen MR) is 112 cm³/mol. The molecule has 8 heteroatoms. The quantitative estimate of drug-likeness (QED) is 0.348. The number of thiophene rings is 1. The molecule has 0 aliphatic carbocycles. The summed E-state index contributed by atoms with van der Waals surface area (Å²) >= 11 is 5.00. The molecule has 0 radical (unpaired) electrons. The van der Waals surface area contributed by atoms with Crippen LogP contribution in [0.2, 0.25) is 0 Å². The lowest BCUT2D eigenvalue weighted by Gasteiger charge is -2.05. The fourth-order valence-electron chi connectivity index (χ4n) is 2.54.